The highest BCUT2D eigenvalue weighted by atomic mass is 16.3. The van der Waals surface area contributed by atoms with Crippen molar-refractivity contribution in [3.63, 3.8) is 0 Å². The van der Waals surface area contributed by atoms with Crippen LogP contribution in [-0.4, -0.2) is 4.98 Å². The summed E-state index contributed by atoms with van der Waals surface area (Å²) in [5.74, 6) is 0.994. The average molecular weight is 187 g/mol. The van der Waals surface area contributed by atoms with E-state index in [1.807, 2.05) is 18.2 Å². The van der Waals surface area contributed by atoms with Gasteiger partial charge in [-0.2, -0.15) is 0 Å². The van der Waals surface area contributed by atoms with E-state index in [0.717, 1.165) is 24.3 Å². The van der Waals surface area contributed by atoms with Gasteiger partial charge in [0.25, 0.3) is 0 Å². The number of oxazole rings is 1. The van der Waals surface area contributed by atoms with Crippen LogP contribution < -0.4 is 0 Å². The maximum Gasteiger partial charge on any atom is 0.181 e. The summed E-state index contributed by atoms with van der Waals surface area (Å²) in [5, 5.41) is 0. The van der Waals surface area contributed by atoms with Crippen molar-refractivity contribution >= 4 is 0 Å². The zero-order valence-corrected chi connectivity index (χ0v) is 8.23. The number of nitrogens with zero attached hydrogens (tertiary/aromatic N) is 1. The minimum Gasteiger partial charge on any atom is -0.448 e. The highest BCUT2D eigenvalue weighted by molar-refractivity contribution is 5.22. The first-order valence-corrected chi connectivity index (χ1v) is 4.85. The molecule has 2 heteroatoms. The largest absolute Gasteiger partial charge is 0.448 e. The van der Waals surface area contributed by atoms with Crippen molar-refractivity contribution in [2.45, 2.75) is 19.8 Å². The van der Waals surface area contributed by atoms with Crippen LogP contribution in [0.3, 0.4) is 0 Å². The third-order valence-electron chi connectivity index (χ3n) is 2.26. The van der Waals surface area contributed by atoms with Gasteiger partial charge in [0, 0.05) is 12.8 Å². The van der Waals surface area contributed by atoms with Crippen molar-refractivity contribution in [1.29, 1.82) is 0 Å². The first-order chi connectivity index (χ1) is 6.90. The van der Waals surface area contributed by atoms with Gasteiger partial charge in [0.1, 0.15) is 5.76 Å². The molecule has 1 aromatic carbocycles. The lowest BCUT2D eigenvalue weighted by atomic mass is 10.1. The van der Waals surface area contributed by atoms with Crippen LogP contribution in [0.4, 0.5) is 0 Å². The molecule has 14 heavy (non-hydrogen) atoms. The predicted octanol–water partition coefficient (Wildman–Crippen LogP) is 2.83. The fraction of sp³-hybridized carbons (Fsp3) is 0.250. The quantitative estimate of drug-likeness (QED) is 0.738. The van der Waals surface area contributed by atoms with E-state index in [0.29, 0.717) is 0 Å². The summed E-state index contributed by atoms with van der Waals surface area (Å²) in [5.41, 5.74) is 2.33. The Kier molecular flexibility index (Phi) is 2.63. The molecule has 2 aromatic rings. The Balaban J connectivity index is 2.19. The molecule has 0 fully saturated rings. The molecule has 2 rings (SSSR count). The Morgan fingerprint density at radius 2 is 2.00 bits per heavy atom. The van der Waals surface area contributed by atoms with E-state index in [-0.39, 0.29) is 0 Å². The second-order valence-corrected chi connectivity index (χ2v) is 3.24. The molecule has 0 aliphatic heterocycles. The first kappa shape index (κ1) is 9.00. The number of hydrogen-bond donors (Lipinski definition) is 0. The van der Waals surface area contributed by atoms with Crippen LogP contribution in [0.5, 0.6) is 0 Å². The molecule has 1 aromatic heterocycles. The molecule has 0 N–H and O–H groups in total. The topological polar surface area (TPSA) is 26.0 Å². The molecule has 0 unspecified atom stereocenters. The lowest BCUT2D eigenvalue weighted by Gasteiger charge is -1.98. The second-order valence-electron chi connectivity index (χ2n) is 3.24. The molecule has 0 aliphatic carbocycles. The van der Waals surface area contributed by atoms with Crippen molar-refractivity contribution in [2.24, 2.45) is 0 Å². The van der Waals surface area contributed by atoms with Gasteiger partial charge in [0.05, 0.1) is 5.69 Å². The SMILES string of the molecule is CCc1ocnc1Cc1ccccc1. The van der Waals surface area contributed by atoms with Gasteiger partial charge in [-0.1, -0.05) is 37.3 Å². The standard InChI is InChI=1S/C12H13NO/c1-2-12-11(13-9-14-12)8-10-6-4-3-5-7-10/h3-7,9H,2,8H2,1H3. The van der Waals surface area contributed by atoms with Crippen molar-refractivity contribution in [2.75, 3.05) is 0 Å². The van der Waals surface area contributed by atoms with Gasteiger partial charge in [-0.05, 0) is 5.56 Å². The molecule has 0 atom stereocenters. The van der Waals surface area contributed by atoms with Crippen LogP contribution >= 0.6 is 0 Å². The van der Waals surface area contributed by atoms with Gasteiger partial charge in [-0.3, -0.25) is 0 Å². The van der Waals surface area contributed by atoms with Gasteiger partial charge >= 0.3 is 0 Å². The summed E-state index contributed by atoms with van der Waals surface area (Å²) in [7, 11) is 0. The van der Waals surface area contributed by atoms with E-state index in [1.165, 1.54) is 12.0 Å². The Labute approximate surface area is 83.6 Å². The van der Waals surface area contributed by atoms with Gasteiger partial charge in [-0.25, -0.2) is 4.98 Å². The maximum atomic E-state index is 5.27. The zero-order valence-electron chi connectivity index (χ0n) is 8.23. The molecule has 72 valence electrons. The van der Waals surface area contributed by atoms with Crippen LogP contribution in [0.2, 0.25) is 0 Å². The van der Waals surface area contributed by atoms with E-state index in [9.17, 15) is 0 Å². The lowest BCUT2D eigenvalue weighted by Crippen LogP contribution is -1.92. The van der Waals surface area contributed by atoms with E-state index in [1.54, 1.807) is 0 Å². The van der Waals surface area contributed by atoms with Crippen molar-refractivity contribution in [3.8, 4) is 0 Å². The highest BCUT2D eigenvalue weighted by Crippen LogP contribution is 2.12. The molecular formula is C12H13NO. The van der Waals surface area contributed by atoms with E-state index in [2.05, 4.69) is 24.0 Å². The number of rotatable bonds is 3. The molecule has 0 amide bonds. The molecule has 2 nitrogen and oxygen atoms in total. The summed E-state index contributed by atoms with van der Waals surface area (Å²) in [6.07, 6.45) is 3.29. The second kappa shape index (κ2) is 4.09. The Morgan fingerprint density at radius 3 is 2.71 bits per heavy atom. The average Bonchev–Trinajstić information content (AvgIpc) is 2.67. The fourth-order valence-electron chi connectivity index (χ4n) is 1.51. The third kappa shape index (κ3) is 1.84. The maximum absolute atomic E-state index is 5.27. The van der Waals surface area contributed by atoms with Crippen LogP contribution in [-0.2, 0) is 12.8 Å². The fourth-order valence-corrected chi connectivity index (χ4v) is 1.51. The molecular weight excluding hydrogens is 174 g/mol. The van der Waals surface area contributed by atoms with Gasteiger partial charge in [0.15, 0.2) is 6.39 Å². The molecule has 0 bridgehead atoms. The van der Waals surface area contributed by atoms with Gasteiger partial charge < -0.3 is 4.42 Å². The molecule has 0 aliphatic rings. The summed E-state index contributed by atoms with van der Waals surface area (Å²) in [4.78, 5) is 4.22. The number of aromatic nitrogens is 1. The summed E-state index contributed by atoms with van der Waals surface area (Å²) in [6, 6.07) is 10.3. The monoisotopic (exact) mass is 187 g/mol. The highest BCUT2D eigenvalue weighted by Gasteiger charge is 2.05. The van der Waals surface area contributed by atoms with Crippen LogP contribution in [0.25, 0.3) is 0 Å². The number of aryl methyl sites for hydroxylation is 1. The van der Waals surface area contributed by atoms with Gasteiger partial charge in [-0.15, -0.1) is 0 Å². The normalized spacial score (nSPS) is 10.4. The predicted molar refractivity (Wildman–Crippen MR) is 55.1 cm³/mol. The zero-order chi connectivity index (χ0) is 9.80. The van der Waals surface area contributed by atoms with E-state index >= 15 is 0 Å². The smallest absolute Gasteiger partial charge is 0.181 e. The Hall–Kier alpha value is -1.57. The molecule has 1 heterocycles. The summed E-state index contributed by atoms with van der Waals surface area (Å²) >= 11 is 0. The number of benzene rings is 1. The molecule has 0 saturated heterocycles. The molecule has 0 spiro atoms. The molecule has 0 radical (unpaired) electrons. The van der Waals surface area contributed by atoms with Crippen LogP contribution in [0.15, 0.2) is 41.1 Å². The van der Waals surface area contributed by atoms with Crippen molar-refractivity contribution < 1.29 is 4.42 Å². The molecule has 0 saturated carbocycles. The van der Waals surface area contributed by atoms with Crippen LogP contribution in [0, 0.1) is 0 Å². The van der Waals surface area contributed by atoms with Crippen molar-refractivity contribution in [1.82, 2.24) is 4.98 Å². The number of hydrogen-bond acceptors (Lipinski definition) is 2. The van der Waals surface area contributed by atoms with Gasteiger partial charge in [0.2, 0.25) is 0 Å². The summed E-state index contributed by atoms with van der Waals surface area (Å²) < 4.78 is 5.27. The van der Waals surface area contributed by atoms with E-state index in [4.69, 9.17) is 4.42 Å². The van der Waals surface area contributed by atoms with Crippen LogP contribution in [0.1, 0.15) is 23.9 Å². The van der Waals surface area contributed by atoms with Crippen molar-refractivity contribution in [3.05, 3.63) is 53.7 Å². The summed E-state index contributed by atoms with van der Waals surface area (Å²) in [6.45, 7) is 2.08. The third-order valence-corrected chi connectivity index (χ3v) is 2.26. The lowest BCUT2D eigenvalue weighted by molar-refractivity contribution is 0.507. The Bertz CT molecular complexity index is 392. The Morgan fingerprint density at radius 1 is 1.21 bits per heavy atom. The first-order valence-electron chi connectivity index (χ1n) is 4.85. The van der Waals surface area contributed by atoms with E-state index < -0.39 is 0 Å². The minimum absolute atomic E-state index is 0.862. The minimum atomic E-state index is 0.862.